The van der Waals surface area contributed by atoms with Crippen LogP contribution in [0, 0.1) is 0 Å². The van der Waals surface area contributed by atoms with Crippen molar-refractivity contribution < 1.29 is 9.53 Å². The van der Waals surface area contributed by atoms with E-state index in [1.807, 2.05) is 0 Å². The van der Waals surface area contributed by atoms with Crippen LogP contribution in [0.2, 0.25) is 5.15 Å². The number of rotatable bonds is 2. The van der Waals surface area contributed by atoms with Crippen molar-refractivity contribution in [1.29, 1.82) is 0 Å². The smallest absolute Gasteiger partial charge is 0.230 e. The van der Waals surface area contributed by atoms with Crippen molar-refractivity contribution >= 4 is 23.8 Å². The summed E-state index contributed by atoms with van der Waals surface area (Å²) in [5.41, 5.74) is 5.36. The second-order valence-corrected chi connectivity index (χ2v) is 2.27. The van der Waals surface area contributed by atoms with Gasteiger partial charge in [0, 0.05) is 0 Å². The van der Waals surface area contributed by atoms with E-state index in [1.54, 1.807) is 0 Å². The lowest BCUT2D eigenvalue weighted by atomic mass is 10.3. The van der Waals surface area contributed by atoms with E-state index < -0.39 is 0 Å². The highest BCUT2D eigenvalue weighted by Gasteiger charge is 2.10. The van der Waals surface area contributed by atoms with Gasteiger partial charge in [0.05, 0.1) is 7.11 Å². The van der Waals surface area contributed by atoms with Crippen molar-refractivity contribution in [2.24, 2.45) is 0 Å². The summed E-state index contributed by atoms with van der Waals surface area (Å²) >= 11 is 5.57. The minimum absolute atomic E-state index is 0.00523. The van der Waals surface area contributed by atoms with Gasteiger partial charge in [-0.2, -0.15) is 4.98 Å². The highest BCUT2D eigenvalue weighted by Crippen LogP contribution is 2.21. The summed E-state index contributed by atoms with van der Waals surface area (Å²) in [6.45, 7) is 0. The van der Waals surface area contributed by atoms with E-state index in [1.165, 1.54) is 7.11 Å². The van der Waals surface area contributed by atoms with E-state index in [0.717, 1.165) is 0 Å². The molecule has 0 atom stereocenters. The molecular weight excluding hydrogens is 182 g/mol. The molecule has 0 aromatic carbocycles. The molecular formula is C6H6ClN3O2. The van der Waals surface area contributed by atoms with Crippen LogP contribution in [0.4, 0.5) is 5.95 Å². The van der Waals surface area contributed by atoms with Gasteiger partial charge in [0.15, 0.2) is 6.29 Å². The van der Waals surface area contributed by atoms with Gasteiger partial charge in [-0.25, -0.2) is 4.98 Å². The minimum Gasteiger partial charge on any atom is -0.480 e. The Morgan fingerprint density at radius 1 is 1.58 bits per heavy atom. The predicted octanol–water partition coefficient (Wildman–Crippen LogP) is 0.533. The maximum atomic E-state index is 10.4. The minimum atomic E-state index is -0.0255. The van der Waals surface area contributed by atoms with Gasteiger partial charge in [-0.3, -0.25) is 4.79 Å². The molecule has 0 radical (unpaired) electrons. The Morgan fingerprint density at radius 2 is 2.25 bits per heavy atom. The number of aldehydes is 1. The molecule has 0 aliphatic carbocycles. The van der Waals surface area contributed by atoms with Crippen LogP contribution >= 0.6 is 11.6 Å². The molecule has 1 aromatic rings. The molecule has 0 bridgehead atoms. The molecule has 64 valence electrons. The number of aromatic nitrogens is 2. The summed E-state index contributed by atoms with van der Waals surface area (Å²) in [6.07, 6.45) is 0.514. The van der Waals surface area contributed by atoms with Gasteiger partial charge in [-0.1, -0.05) is 11.6 Å². The first kappa shape index (κ1) is 8.73. The first-order valence-electron chi connectivity index (χ1n) is 3.01. The number of carbonyl (C=O) groups excluding carboxylic acids is 1. The normalized spacial score (nSPS) is 9.50. The van der Waals surface area contributed by atoms with Gasteiger partial charge in [0.25, 0.3) is 0 Å². The Hall–Kier alpha value is -1.36. The average Bonchev–Trinajstić information content (AvgIpc) is 2.03. The fraction of sp³-hybridized carbons (Fsp3) is 0.167. The first-order valence-corrected chi connectivity index (χ1v) is 3.39. The first-order chi connectivity index (χ1) is 5.69. The van der Waals surface area contributed by atoms with Gasteiger partial charge in [0.2, 0.25) is 11.8 Å². The summed E-state index contributed by atoms with van der Waals surface area (Å²) < 4.78 is 4.75. The quantitative estimate of drug-likeness (QED) is 0.540. The van der Waals surface area contributed by atoms with Crippen LogP contribution in [-0.4, -0.2) is 23.4 Å². The number of nitrogens with two attached hydrogens (primary N) is 1. The molecule has 0 amide bonds. The Bertz CT molecular complexity index is 316. The highest BCUT2D eigenvalue weighted by atomic mass is 35.5. The van der Waals surface area contributed by atoms with Gasteiger partial charge in [0.1, 0.15) is 10.7 Å². The van der Waals surface area contributed by atoms with Crippen molar-refractivity contribution in [3.05, 3.63) is 10.7 Å². The van der Waals surface area contributed by atoms with E-state index in [4.69, 9.17) is 22.1 Å². The van der Waals surface area contributed by atoms with Crippen LogP contribution in [0.3, 0.4) is 0 Å². The van der Waals surface area contributed by atoms with Crippen LogP contribution in [0.5, 0.6) is 5.88 Å². The number of hydrogen-bond donors (Lipinski definition) is 1. The number of anilines is 1. The number of hydrogen-bond acceptors (Lipinski definition) is 5. The Labute approximate surface area is 73.5 Å². The third-order valence-corrected chi connectivity index (χ3v) is 1.48. The second-order valence-electron chi connectivity index (χ2n) is 1.91. The molecule has 0 saturated carbocycles. The van der Waals surface area contributed by atoms with Crippen LogP contribution in [-0.2, 0) is 0 Å². The molecule has 1 aromatic heterocycles. The Balaban J connectivity index is 3.33. The molecule has 2 N–H and O–H groups in total. The number of nitrogens with zero attached hydrogens (tertiary/aromatic N) is 2. The third kappa shape index (κ3) is 1.45. The standard InChI is InChI=1S/C6H6ClN3O2/c1-12-5-3(2-11)4(7)9-6(8)10-5/h2H,1H3,(H2,8,9,10). The predicted molar refractivity (Wildman–Crippen MR) is 43.4 cm³/mol. The molecule has 12 heavy (non-hydrogen) atoms. The van der Waals surface area contributed by atoms with Crippen molar-refractivity contribution in [3.8, 4) is 5.88 Å². The van der Waals surface area contributed by atoms with Gasteiger partial charge >= 0.3 is 0 Å². The monoisotopic (exact) mass is 187 g/mol. The summed E-state index contributed by atoms with van der Waals surface area (Å²) in [4.78, 5) is 17.7. The highest BCUT2D eigenvalue weighted by molar-refractivity contribution is 6.32. The van der Waals surface area contributed by atoms with E-state index in [9.17, 15) is 4.79 Å². The molecule has 1 rings (SSSR count). The fourth-order valence-corrected chi connectivity index (χ4v) is 0.905. The average molecular weight is 188 g/mol. The number of nitrogen functional groups attached to an aromatic ring is 1. The molecule has 0 unspecified atom stereocenters. The van der Waals surface area contributed by atoms with Crippen molar-refractivity contribution in [2.45, 2.75) is 0 Å². The summed E-state index contributed by atoms with van der Waals surface area (Å²) in [6, 6.07) is 0. The van der Waals surface area contributed by atoms with Crippen LogP contribution in [0.25, 0.3) is 0 Å². The fourth-order valence-electron chi connectivity index (χ4n) is 0.693. The number of halogens is 1. The molecule has 0 saturated heterocycles. The molecule has 1 heterocycles. The van der Waals surface area contributed by atoms with Gasteiger partial charge < -0.3 is 10.5 Å². The van der Waals surface area contributed by atoms with Crippen LogP contribution in [0.15, 0.2) is 0 Å². The van der Waals surface area contributed by atoms with Crippen molar-refractivity contribution in [1.82, 2.24) is 9.97 Å². The Morgan fingerprint density at radius 3 is 2.75 bits per heavy atom. The van der Waals surface area contributed by atoms with Gasteiger partial charge in [-0.05, 0) is 0 Å². The summed E-state index contributed by atoms with van der Waals surface area (Å²) in [5, 5.41) is -0.00523. The van der Waals surface area contributed by atoms with Crippen LogP contribution in [0.1, 0.15) is 10.4 Å². The number of carbonyl (C=O) groups is 1. The van der Waals surface area contributed by atoms with Gasteiger partial charge in [-0.15, -0.1) is 0 Å². The molecule has 0 aliphatic heterocycles. The zero-order valence-corrected chi connectivity index (χ0v) is 7.00. The SMILES string of the molecule is COc1nc(N)nc(Cl)c1C=O. The lowest BCUT2D eigenvalue weighted by Crippen LogP contribution is -2.02. The molecule has 5 nitrogen and oxygen atoms in total. The number of ether oxygens (including phenoxy) is 1. The maximum absolute atomic E-state index is 10.4. The van der Waals surface area contributed by atoms with E-state index in [-0.39, 0.29) is 22.5 Å². The number of methoxy groups -OCH3 is 1. The zero-order valence-electron chi connectivity index (χ0n) is 6.24. The molecule has 0 fully saturated rings. The van der Waals surface area contributed by atoms with E-state index in [2.05, 4.69) is 9.97 Å². The Kier molecular flexibility index (Phi) is 2.44. The van der Waals surface area contributed by atoms with E-state index >= 15 is 0 Å². The lowest BCUT2D eigenvalue weighted by Gasteiger charge is -2.03. The third-order valence-electron chi connectivity index (χ3n) is 1.19. The topological polar surface area (TPSA) is 78.1 Å². The molecule has 0 spiro atoms. The zero-order chi connectivity index (χ0) is 9.14. The van der Waals surface area contributed by atoms with E-state index in [0.29, 0.717) is 6.29 Å². The molecule has 6 heteroatoms. The maximum Gasteiger partial charge on any atom is 0.230 e. The summed E-state index contributed by atoms with van der Waals surface area (Å²) in [5.74, 6) is 0.0601. The molecule has 0 aliphatic rings. The lowest BCUT2D eigenvalue weighted by molar-refractivity contribution is 0.111. The largest absolute Gasteiger partial charge is 0.480 e. The van der Waals surface area contributed by atoms with Crippen LogP contribution < -0.4 is 10.5 Å². The second kappa shape index (κ2) is 3.36. The van der Waals surface area contributed by atoms with Crippen molar-refractivity contribution in [2.75, 3.05) is 12.8 Å². The summed E-state index contributed by atoms with van der Waals surface area (Å²) in [7, 11) is 1.37. The van der Waals surface area contributed by atoms with Crippen molar-refractivity contribution in [3.63, 3.8) is 0 Å².